The number of rotatable bonds is 5. The van der Waals surface area contributed by atoms with Crippen molar-refractivity contribution < 1.29 is 4.79 Å². The van der Waals surface area contributed by atoms with E-state index in [0.29, 0.717) is 4.88 Å². The molecule has 0 radical (unpaired) electrons. The van der Waals surface area contributed by atoms with Gasteiger partial charge in [0, 0.05) is 12.1 Å². The van der Waals surface area contributed by atoms with Crippen molar-refractivity contribution in [3.8, 4) is 0 Å². The van der Waals surface area contributed by atoms with Crippen molar-refractivity contribution in [1.82, 2.24) is 9.97 Å². The normalized spacial score (nSPS) is 11.0. The second-order valence-electron chi connectivity index (χ2n) is 6.33. The van der Waals surface area contributed by atoms with Crippen molar-refractivity contribution in [3.05, 3.63) is 81.8 Å². The molecule has 2 heterocycles. The van der Waals surface area contributed by atoms with Gasteiger partial charge in [0.25, 0.3) is 5.91 Å². The van der Waals surface area contributed by atoms with E-state index in [-0.39, 0.29) is 5.91 Å². The number of carbonyl (C=O) groups is 1. The number of benzene rings is 2. The average Bonchev–Trinajstić information content (AvgIpc) is 3.30. The molecular weight excluding hydrogens is 342 g/mol. The summed E-state index contributed by atoms with van der Waals surface area (Å²) in [5, 5.41) is 4.82. The summed E-state index contributed by atoms with van der Waals surface area (Å²) in [6, 6.07) is 18.0. The third-order valence-electron chi connectivity index (χ3n) is 4.29. The fourth-order valence-corrected chi connectivity index (χ4v) is 3.53. The van der Waals surface area contributed by atoms with Crippen LogP contribution in [0.4, 0.5) is 5.69 Å². The van der Waals surface area contributed by atoms with E-state index in [1.807, 2.05) is 29.6 Å². The molecular formula is C21H19N3OS. The molecule has 4 nitrogen and oxygen atoms in total. The van der Waals surface area contributed by atoms with Gasteiger partial charge in [0.05, 0.1) is 15.9 Å². The van der Waals surface area contributed by atoms with E-state index in [9.17, 15) is 4.79 Å². The Labute approximate surface area is 155 Å². The number of carbonyl (C=O) groups excluding carboxylic acids is 1. The molecule has 0 atom stereocenters. The molecule has 0 aliphatic carbocycles. The summed E-state index contributed by atoms with van der Waals surface area (Å²) in [6.45, 7) is 2.08. The van der Waals surface area contributed by atoms with E-state index < -0.39 is 0 Å². The number of aryl methyl sites for hydroxylation is 3. The molecule has 0 spiro atoms. The zero-order valence-electron chi connectivity index (χ0n) is 14.5. The molecule has 0 aliphatic rings. The Morgan fingerprint density at radius 1 is 1.12 bits per heavy atom. The Bertz CT molecular complexity index is 1030. The molecule has 130 valence electrons. The summed E-state index contributed by atoms with van der Waals surface area (Å²) in [7, 11) is 0. The number of hydrogen-bond donors (Lipinski definition) is 2. The summed E-state index contributed by atoms with van der Waals surface area (Å²) in [4.78, 5) is 20.8. The lowest BCUT2D eigenvalue weighted by atomic mass is 10.1. The van der Waals surface area contributed by atoms with Crippen LogP contribution in [0.15, 0.2) is 60.0 Å². The lowest BCUT2D eigenvalue weighted by Crippen LogP contribution is -2.09. The smallest absolute Gasteiger partial charge is 0.265 e. The first-order valence-corrected chi connectivity index (χ1v) is 9.44. The Kier molecular flexibility index (Phi) is 4.54. The highest BCUT2D eigenvalue weighted by Crippen LogP contribution is 2.17. The van der Waals surface area contributed by atoms with Gasteiger partial charge in [-0.05, 0) is 60.2 Å². The van der Waals surface area contributed by atoms with E-state index in [2.05, 4.69) is 52.5 Å². The first kappa shape index (κ1) is 16.5. The summed E-state index contributed by atoms with van der Waals surface area (Å²) >= 11 is 1.44. The van der Waals surface area contributed by atoms with Crippen LogP contribution >= 0.6 is 11.3 Å². The number of thiophene rings is 1. The van der Waals surface area contributed by atoms with E-state index >= 15 is 0 Å². The summed E-state index contributed by atoms with van der Waals surface area (Å²) in [5.74, 6) is 0.936. The third-order valence-corrected chi connectivity index (χ3v) is 5.16. The molecule has 0 saturated heterocycles. The average molecular weight is 361 g/mol. The van der Waals surface area contributed by atoms with Crippen LogP contribution in [0.5, 0.6) is 0 Å². The van der Waals surface area contributed by atoms with Crippen molar-refractivity contribution in [1.29, 1.82) is 0 Å². The van der Waals surface area contributed by atoms with Gasteiger partial charge in [0.2, 0.25) is 0 Å². The van der Waals surface area contributed by atoms with Crippen molar-refractivity contribution in [2.45, 2.75) is 19.8 Å². The molecule has 26 heavy (non-hydrogen) atoms. The van der Waals surface area contributed by atoms with Crippen LogP contribution in [-0.4, -0.2) is 15.9 Å². The lowest BCUT2D eigenvalue weighted by molar-refractivity contribution is 0.103. The molecule has 0 bridgehead atoms. The quantitative estimate of drug-likeness (QED) is 0.527. The summed E-state index contributed by atoms with van der Waals surface area (Å²) in [5.41, 5.74) is 5.36. The van der Waals surface area contributed by atoms with E-state index in [1.54, 1.807) is 0 Å². The first-order chi connectivity index (χ1) is 12.7. The standard InChI is InChI=1S/C21H19N3OS/c1-14-4-10-17-18(13-14)24-20(23-17)11-7-15-5-8-16(9-6-15)22-21(25)19-3-2-12-26-19/h2-6,8-10,12-13H,7,11H2,1H3,(H,22,25)(H,23,24). The summed E-state index contributed by atoms with van der Waals surface area (Å²) < 4.78 is 0. The fraction of sp³-hybridized carbons (Fsp3) is 0.143. The monoisotopic (exact) mass is 361 g/mol. The molecule has 4 aromatic rings. The number of aromatic nitrogens is 2. The summed E-state index contributed by atoms with van der Waals surface area (Å²) in [6.07, 6.45) is 1.76. The number of aromatic amines is 1. The molecule has 2 aromatic heterocycles. The SMILES string of the molecule is Cc1ccc2nc(CCc3ccc(NC(=O)c4cccs4)cc3)[nH]c2c1. The maximum atomic E-state index is 12.1. The molecule has 0 fully saturated rings. The van der Waals surface area contributed by atoms with Crippen LogP contribution in [0.1, 0.15) is 26.6 Å². The van der Waals surface area contributed by atoms with Gasteiger partial charge in [-0.2, -0.15) is 0 Å². The second kappa shape index (κ2) is 7.14. The molecule has 1 amide bonds. The van der Waals surface area contributed by atoms with Gasteiger partial charge >= 0.3 is 0 Å². The molecule has 2 aromatic carbocycles. The minimum atomic E-state index is -0.0645. The Balaban J connectivity index is 1.38. The van der Waals surface area contributed by atoms with Gasteiger partial charge in [-0.3, -0.25) is 4.79 Å². The van der Waals surface area contributed by atoms with Crippen LogP contribution in [0, 0.1) is 6.92 Å². The van der Waals surface area contributed by atoms with Crippen molar-refractivity contribution in [2.75, 3.05) is 5.32 Å². The molecule has 5 heteroatoms. The van der Waals surface area contributed by atoms with Gasteiger partial charge in [-0.1, -0.05) is 24.3 Å². The molecule has 0 aliphatic heterocycles. The lowest BCUT2D eigenvalue weighted by Gasteiger charge is -2.05. The Morgan fingerprint density at radius 3 is 2.73 bits per heavy atom. The van der Waals surface area contributed by atoms with Crippen molar-refractivity contribution >= 4 is 34.0 Å². The van der Waals surface area contributed by atoms with E-state index in [4.69, 9.17) is 0 Å². The fourth-order valence-electron chi connectivity index (χ4n) is 2.91. The largest absolute Gasteiger partial charge is 0.342 e. The van der Waals surface area contributed by atoms with Gasteiger partial charge in [-0.25, -0.2) is 4.98 Å². The topological polar surface area (TPSA) is 57.8 Å². The number of hydrogen-bond acceptors (Lipinski definition) is 3. The zero-order chi connectivity index (χ0) is 17.9. The van der Waals surface area contributed by atoms with Gasteiger partial charge in [-0.15, -0.1) is 11.3 Å². The minimum absolute atomic E-state index is 0.0645. The van der Waals surface area contributed by atoms with Crippen LogP contribution in [0.25, 0.3) is 11.0 Å². The Hall–Kier alpha value is -2.92. The molecule has 0 unspecified atom stereocenters. The molecule has 2 N–H and O–H groups in total. The van der Waals surface area contributed by atoms with E-state index in [0.717, 1.165) is 35.4 Å². The van der Waals surface area contributed by atoms with E-state index in [1.165, 1.54) is 22.5 Å². The zero-order valence-corrected chi connectivity index (χ0v) is 15.3. The maximum Gasteiger partial charge on any atom is 0.265 e. The number of nitrogens with one attached hydrogen (secondary N) is 2. The maximum absolute atomic E-state index is 12.1. The highest BCUT2D eigenvalue weighted by atomic mass is 32.1. The number of imidazole rings is 1. The third kappa shape index (κ3) is 3.68. The van der Waals surface area contributed by atoms with Gasteiger partial charge in [0.1, 0.15) is 5.82 Å². The minimum Gasteiger partial charge on any atom is -0.342 e. The predicted octanol–water partition coefficient (Wildman–Crippen LogP) is 4.97. The number of anilines is 1. The molecule has 0 saturated carbocycles. The Morgan fingerprint density at radius 2 is 1.96 bits per heavy atom. The van der Waals surface area contributed by atoms with Crippen LogP contribution in [-0.2, 0) is 12.8 Å². The van der Waals surface area contributed by atoms with Crippen molar-refractivity contribution in [2.24, 2.45) is 0 Å². The van der Waals surface area contributed by atoms with Crippen LogP contribution in [0.2, 0.25) is 0 Å². The first-order valence-electron chi connectivity index (χ1n) is 8.56. The number of H-pyrrole nitrogens is 1. The van der Waals surface area contributed by atoms with Crippen molar-refractivity contribution in [3.63, 3.8) is 0 Å². The number of amides is 1. The highest BCUT2D eigenvalue weighted by molar-refractivity contribution is 7.12. The second-order valence-corrected chi connectivity index (χ2v) is 7.28. The predicted molar refractivity (Wildman–Crippen MR) is 107 cm³/mol. The van der Waals surface area contributed by atoms with Crippen LogP contribution < -0.4 is 5.32 Å². The van der Waals surface area contributed by atoms with Gasteiger partial charge < -0.3 is 10.3 Å². The van der Waals surface area contributed by atoms with Crippen LogP contribution in [0.3, 0.4) is 0 Å². The number of nitrogens with zero attached hydrogens (tertiary/aromatic N) is 1. The van der Waals surface area contributed by atoms with Gasteiger partial charge in [0.15, 0.2) is 0 Å². The highest BCUT2D eigenvalue weighted by Gasteiger charge is 2.07. The number of fused-ring (bicyclic) bond motifs is 1. The molecule has 4 rings (SSSR count).